The van der Waals surface area contributed by atoms with Gasteiger partial charge in [-0.25, -0.2) is 0 Å². The van der Waals surface area contributed by atoms with Crippen LogP contribution < -0.4 is 5.32 Å². The first-order valence-corrected chi connectivity index (χ1v) is 7.20. The van der Waals surface area contributed by atoms with Crippen molar-refractivity contribution < 1.29 is 0 Å². The van der Waals surface area contributed by atoms with Crippen molar-refractivity contribution in [3.05, 3.63) is 71.9 Å². The summed E-state index contributed by atoms with van der Waals surface area (Å²) in [5, 5.41) is 4.76. The van der Waals surface area contributed by atoms with Crippen LogP contribution in [0.5, 0.6) is 0 Å². The molecule has 0 amide bonds. The molecule has 0 unspecified atom stereocenters. The van der Waals surface area contributed by atoms with Crippen LogP contribution in [0.3, 0.4) is 0 Å². The lowest BCUT2D eigenvalue weighted by Crippen LogP contribution is -2.11. The lowest BCUT2D eigenvalue weighted by molar-refractivity contribution is 0.730. The number of fused-ring (bicyclic) bond motifs is 1. The number of hydrogen-bond acceptors (Lipinski definition) is 1. The molecular weight excluding hydrogens is 244 g/mol. The first-order chi connectivity index (χ1) is 9.88. The Kier molecular flexibility index (Phi) is 3.84. The molecule has 3 rings (SSSR count). The van der Waals surface area contributed by atoms with Crippen LogP contribution in [-0.4, -0.2) is 11.1 Å². The third-order valence-electron chi connectivity index (χ3n) is 3.67. The fourth-order valence-electron chi connectivity index (χ4n) is 2.62. The maximum atomic E-state index is 3.41. The smallest absolute Gasteiger partial charge is 0.0486 e. The molecule has 0 aliphatic heterocycles. The maximum Gasteiger partial charge on any atom is 0.0486 e. The van der Waals surface area contributed by atoms with E-state index in [0.29, 0.717) is 0 Å². The zero-order valence-electron chi connectivity index (χ0n) is 11.8. The minimum Gasteiger partial charge on any atom is -0.343 e. The second-order valence-corrected chi connectivity index (χ2v) is 5.06. The standard InChI is InChI=1S/C18H20N2/c1-2-19-13-16-9-6-10-18-17(16)11-12-20(18)14-15-7-4-3-5-8-15/h3-12,19H,2,13-14H2,1H3. The van der Waals surface area contributed by atoms with Gasteiger partial charge in [-0.1, -0.05) is 49.4 Å². The van der Waals surface area contributed by atoms with Gasteiger partial charge in [0.25, 0.3) is 0 Å². The minimum absolute atomic E-state index is 0.926. The van der Waals surface area contributed by atoms with Gasteiger partial charge in [0.1, 0.15) is 0 Å². The third-order valence-corrected chi connectivity index (χ3v) is 3.67. The molecule has 102 valence electrons. The van der Waals surface area contributed by atoms with E-state index in [1.807, 2.05) is 0 Å². The monoisotopic (exact) mass is 264 g/mol. The van der Waals surface area contributed by atoms with Gasteiger partial charge in [-0.2, -0.15) is 0 Å². The van der Waals surface area contributed by atoms with E-state index in [1.54, 1.807) is 0 Å². The summed E-state index contributed by atoms with van der Waals surface area (Å²) in [5.74, 6) is 0. The summed E-state index contributed by atoms with van der Waals surface area (Å²) in [6, 6.07) is 19.4. The van der Waals surface area contributed by atoms with Crippen molar-refractivity contribution in [1.29, 1.82) is 0 Å². The molecule has 0 aliphatic carbocycles. The van der Waals surface area contributed by atoms with Gasteiger partial charge in [-0.05, 0) is 29.8 Å². The van der Waals surface area contributed by atoms with Crippen molar-refractivity contribution in [2.75, 3.05) is 6.54 Å². The summed E-state index contributed by atoms with van der Waals surface area (Å²) in [6.45, 7) is 5.00. The largest absolute Gasteiger partial charge is 0.343 e. The van der Waals surface area contributed by atoms with Gasteiger partial charge in [0, 0.05) is 30.2 Å². The van der Waals surface area contributed by atoms with Crippen LogP contribution >= 0.6 is 0 Å². The summed E-state index contributed by atoms with van der Waals surface area (Å²) in [6.07, 6.45) is 2.19. The zero-order chi connectivity index (χ0) is 13.8. The Balaban J connectivity index is 1.93. The number of benzene rings is 2. The molecule has 0 fully saturated rings. The second-order valence-electron chi connectivity index (χ2n) is 5.06. The van der Waals surface area contributed by atoms with E-state index < -0.39 is 0 Å². The number of hydrogen-bond donors (Lipinski definition) is 1. The second kappa shape index (κ2) is 5.93. The fraction of sp³-hybridized carbons (Fsp3) is 0.222. The topological polar surface area (TPSA) is 17.0 Å². The molecule has 1 N–H and O–H groups in total. The summed E-state index contributed by atoms with van der Waals surface area (Å²) in [7, 11) is 0. The van der Waals surface area contributed by atoms with Gasteiger partial charge >= 0.3 is 0 Å². The van der Waals surface area contributed by atoms with Gasteiger partial charge < -0.3 is 9.88 Å². The van der Waals surface area contributed by atoms with Crippen molar-refractivity contribution in [3.8, 4) is 0 Å². The Labute approximate surface area is 120 Å². The quantitative estimate of drug-likeness (QED) is 0.741. The molecule has 2 heteroatoms. The Morgan fingerprint density at radius 3 is 2.60 bits per heavy atom. The Hall–Kier alpha value is -2.06. The fourth-order valence-corrected chi connectivity index (χ4v) is 2.62. The molecule has 3 aromatic rings. The molecule has 0 spiro atoms. The molecule has 20 heavy (non-hydrogen) atoms. The molecule has 0 saturated carbocycles. The SMILES string of the molecule is CCNCc1cccc2c1ccn2Cc1ccccc1. The average Bonchev–Trinajstić information content (AvgIpc) is 2.90. The van der Waals surface area contributed by atoms with E-state index in [0.717, 1.165) is 19.6 Å². The van der Waals surface area contributed by atoms with Gasteiger partial charge in [0.2, 0.25) is 0 Å². The van der Waals surface area contributed by atoms with E-state index in [2.05, 4.69) is 77.6 Å². The van der Waals surface area contributed by atoms with Gasteiger partial charge in [0.15, 0.2) is 0 Å². The van der Waals surface area contributed by atoms with Crippen molar-refractivity contribution in [1.82, 2.24) is 9.88 Å². The van der Waals surface area contributed by atoms with Crippen LogP contribution in [0.2, 0.25) is 0 Å². The van der Waals surface area contributed by atoms with E-state index >= 15 is 0 Å². The van der Waals surface area contributed by atoms with Crippen LogP contribution in [0.4, 0.5) is 0 Å². The predicted molar refractivity (Wildman–Crippen MR) is 84.9 cm³/mol. The molecule has 0 aliphatic rings. The minimum atomic E-state index is 0.926. The highest BCUT2D eigenvalue weighted by Gasteiger charge is 2.05. The predicted octanol–water partition coefficient (Wildman–Crippen LogP) is 3.80. The molecule has 0 radical (unpaired) electrons. The number of aromatic nitrogens is 1. The van der Waals surface area contributed by atoms with Crippen molar-refractivity contribution >= 4 is 10.9 Å². The Morgan fingerprint density at radius 1 is 0.950 bits per heavy atom. The molecular formula is C18H20N2. The normalized spacial score (nSPS) is 11.1. The van der Waals surface area contributed by atoms with E-state index in [-0.39, 0.29) is 0 Å². The highest BCUT2D eigenvalue weighted by atomic mass is 15.0. The molecule has 0 saturated heterocycles. The lowest BCUT2D eigenvalue weighted by Gasteiger charge is -2.08. The van der Waals surface area contributed by atoms with Crippen LogP contribution in [0, 0.1) is 0 Å². The Bertz CT molecular complexity index is 683. The lowest BCUT2D eigenvalue weighted by atomic mass is 10.1. The summed E-state index contributed by atoms with van der Waals surface area (Å²) >= 11 is 0. The zero-order valence-corrected chi connectivity index (χ0v) is 11.8. The number of nitrogens with zero attached hydrogens (tertiary/aromatic N) is 1. The van der Waals surface area contributed by atoms with Crippen LogP contribution in [-0.2, 0) is 13.1 Å². The molecule has 1 aromatic heterocycles. The van der Waals surface area contributed by atoms with E-state index in [1.165, 1.54) is 22.0 Å². The number of nitrogens with one attached hydrogen (secondary N) is 1. The third kappa shape index (κ3) is 2.61. The Morgan fingerprint density at radius 2 is 1.80 bits per heavy atom. The van der Waals surface area contributed by atoms with Gasteiger partial charge in [-0.3, -0.25) is 0 Å². The van der Waals surface area contributed by atoms with Gasteiger partial charge in [-0.15, -0.1) is 0 Å². The maximum absolute atomic E-state index is 3.41. The summed E-state index contributed by atoms with van der Waals surface area (Å²) in [4.78, 5) is 0. The van der Waals surface area contributed by atoms with E-state index in [4.69, 9.17) is 0 Å². The average molecular weight is 264 g/mol. The first-order valence-electron chi connectivity index (χ1n) is 7.20. The van der Waals surface area contributed by atoms with E-state index in [9.17, 15) is 0 Å². The summed E-state index contributed by atoms with van der Waals surface area (Å²) < 4.78 is 2.32. The molecule has 1 heterocycles. The van der Waals surface area contributed by atoms with Crippen molar-refractivity contribution in [2.45, 2.75) is 20.0 Å². The van der Waals surface area contributed by atoms with Crippen molar-refractivity contribution in [2.24, 2.45) is 0 Å². The van der Waals surface area contributed by atoms with Crippen LogP contribution in [0.25, 0.3) is 10.9 Å². The molecule has 0 bridgehead atoms. The highest BCUT2D eigenvalue weighted by Crippen LogP contribution is 2.21. The van der Waals surface area contributed by atoms with Crippen LogP contribution in [0.1, 0.15) is 18.1 Å². The van der Waals surface area contributed by atoms with Crippen LogP contribution in [0.15, 0.2) is 60.8 Å². The molecule has 2 nitrogen and oxygen atoms in total. The summed E-state index contributed by atoms with van der Waals surface area (Å²) in [5.41, 5.74) is 4.02. The van der Waals surface area contributed by atoms with Gasteiger partial charge in [0.05, 0.1) is 0 Å². The first kappa shape index (κ1) is 12.9. The van der Waals surface area contributed by atoms with Crippen molar-refractivity contribution in [3.63, 3.8) is 0 Å². The highest BCUT2D eigenvalue weighted by molar-refractivity contribution is 5.83. The molecule has 0 atom stereocenters. The molecule has 2 aromatic carbocycles. The number of rotatable bonds is 5.